The van der Waals surface area contributed by atoms with Gasteiger partial charge in [0, 0.05) is 30.2 Å². The molecule has 0 N–H and O–H groups in total. The fourth-order valence-electron chi connectivity index (χ4n) is 3.41. The number of carbonyl (C=O) groups is 1. The minimum Gasteiger partial charge on any atom is -0.308 e. The van der Waals surface area contributed by atoms with Gasteiger partial charge in [-0.15, -0.1) is 0 Å². The second-order valence-corrected chi connectivity index (χ2v) is 6.78. The van der Waals surface area contributed by atoms with Crippen molar-refractivity contribution < 1.29 is 4.79 Å². The molecular weight excluding hydrogens is 344 g/mol. The van der Waals surface area contributed by atoms with E-state index in [4.69, 9.17) is 0 Å². The lowest BCUT2D eigenvalue weighted by Gasteiger charge is -2.17. The molecule has 2 aromatic heterocycles. The van der Waals surface area contributed by atoms with E-state index in [1.165, 1.54) is 5.56 Å². The molecule has 0 unspecified atom stereocenters. The average Bonchev–Trinajstić information content (AvgIpc) is 3.33. The van der Waals surface area contributed by atoms with Crippen LogP contribution in [0, 0.1) is 0 Å². The highest BCUT2D eigenvalue weighted by molar-refractivity contribution is 7.00. The Balaban J connectivity index is 1.48. The summed E-state index contributed by atoms with van der Waals surface area (Å²) in [6.45, 7) is 0.696. The molecule has 0 radical (unpaired) electrons. The Kier molecular flexibility index (Phi) is 3.50. The maximum atomic E-state index is 13.0. The Morgan fingerprint density at radius 1 is 0.923 bits per heavy atom. The Bertz CT molecular complexity index is 1120. The molecule has 126 valence electrons. The van der Waals surface area contributed by atoms with Gasteiger partial charge in [-0.2, -0.15) is 8.75 Å². The average molecular weight is 358 g/mol. The van der Waals surface area contributed by atoms with Gasteiger partial charge in [0.2, 0.25) is 0 Å². The fourth-order valence-corrected chi connectivity index (χ4v) is 3.93. The second kappa shape index (κ2) is 6.00. The predicted octanol–water partition coefficient (Wildman–Crippen LogP) is 3.96. The van der Waals surface area contributed by atoms with Gasteiger partial charge in [-0.05, 0) is 65.6 Å². The summed E-state index contributed by atoms with van der Waals surface area (Å²) < 4.78 is 8.42. The highest BCUT2D eigenvalue weighted by atomic mass is 32.1. The lowest BCUT2D eigenvalue weighted by molar-refractivity contribution is 0.0989. The van der Waals surface area contributed by atoms with Crippen LogP contribution in [0.4, 0.5) is 5.69 Å². The zero-order valence-electron chi connectivity index (χ0n) is 13.8. The summed E-state index contributed by atoms with van der Waals surface area (Å²) in [6.07, 6.45) is 4.45. The van der Waals surface area contributed by atoms with Crippen molar-refractivity contribution in [1.82, 2.24) is 13.7 Å². The highest BCUT2D eigenvalue weighted by Crippen LogP contribution is 2.33. The van der Waals surface area contributed by atoms with Crippen LogP contribution >= 0.6 is 11.7 Å². The predicted molar refractivity (Wildman–Crippen MR) is 102 cm³/mol. The fraction of sp³-hybridized carbons (Fsp3) is 0.100. The van der Waals surface area contributed by atoms with Crippen LogP contribution in [0.15, 0.2) is 60.9 Å². The maximum Gasteiger partial charge on any atom is 0.258 e. The lowest BCUT2D eigenvalue weighted by atomic mass is 10.0. The van der Waals surface area contributed by atoms with E-state index >= 15 is 0 Å². The van der Waals surface area contributed by atoms with Gasteiger partial charge in [-0.1, -0.05) is 6.07 Å². The van der Waals surface area contributed by atoms with Crippen LogP contribution in [-0.4, -0.2) is 26.2 Å². The largest absolute Gasteiger partial charge is 0.308 e. The van der Waals surface area contributed by atoms with Gasteiger partial charge >= 0.3 is 0 Å². The monoisotopic (exact) mass is 358 g/mol. The molecule has 1 aliphatic heterocycles. The maximum absolute atomic E-state index is 13.0. The summed E-state index contributed by atoms with van der Waals surface area (Å²) >= 11 is 1.16. The second-order valence-electron chi connectivity index (χ2n) is 6.25. The van der Waals surface area contributed by atoms with Crippen molar-refractivity contribution in [2.24, 2.45) is 0 Å². The summed E-state index contributed by atoms with van der Waals surface area (Å²) in [4.78, 5) is 18.9. The van der Waals surface area contributed by atoms with Crippen molar-refractivity contribution in [3.8, 4) is 11.1 Å². The highest BCUT2D eigenvalue weighted by Gasteiger charge is 2.26. The first kappa shape index (κ1) is 15.2. The number of amides is 1. The first-order valence-electron chi connectivity index (χ1n) is 8.37. The Labute approximate surface area is 154 Å². The molecule has 1 amide bonds. The summed E-state index contributed by atoms with van der Waals surface area (Å²) in [7, 11) is 0. The molecule has 0 saturated carbocycles. The van der Waals surface area contributed by atoms with Crippen molar-refractivity contribution in [2.45, 2.75) is 6.42 Å². The van der Waals surface area contributed by atoms with E-state index in [1.54, 1.807) is 12.4 Å². The molecule has 1 aliphatic rings. The molecule has 4 aromatic rings. The number of benzene rings is 2. The van der Waals surface area contributed by atoms with Crippen LogP contribution in [0.5, 0.6) is 0 Å². The van der Waals surface area contributed by atoms with Gasteiger partial charge in [-0.25, -0.2) is 0 Å². The molecule has 0 spiro atoms. The van der Waals surface area contributed by atoms with Crippen molar-refractivity contribution in [3.05, 3.63) is 72.1 Å². The van der Waals surface area contributed by atoms with Gasteiger partial charge in [-0.3, -0.25) is 9.78 Å². The zero-order valence-corrected chi connectivity index (χ0v) is 14.6. The number of carbonyl (C=O) groups excluding carboxylic acids is 1. The number of aromatic nitrogens is 3. The summed E-state index contributed by atoms with van der Waals surface area (Å²) in [6, 6.07) is 15.8. The molecule has 0 bridgehead atoms. The van der Waals surface area contributed by atoms with Gasteiger partial charge in [0.05, 0.1) is 11.7 Å². The molecule has 0 fully saturated rings. The van der Waals surface area contributed by atoms with E-state index in [-0.39, 0.29) is 5.91 Å². The van der Waals surface area contributed by atoms with Crippen LogP contribution in [0.1, 0.15) is 15.9 Å². The molecule has 5 rings (SSSR count). The number of hydrogen-bond acceptors (Lipinski definition) is 5. The van der Waals surface area contributed by atoms with E-state index in [0.717, 1.165) is 46.0 Å². The third-order valence-corrected chi connectivity index (χ3v) is 5.29. The SMILES string of the molecule is O=C(c1ccc2nsnc2c1)N1CCc2cc(-c3ccncc3)ccc21. The standard InChI is InChI=1S/C20H14N4OS/c25-20(16-1-3-17-18(12-16)23-26-22-17)24-10-7-15-11-14(2-4-19(15)24)13-5-8-21-9-6-13/h1-6,8-9,11-12H,7,10H2. The van der Waals surface area contributed by atoms with E-state index in [1.807, 2.05) is 41.3 Å². The minimum absolute atomic E-state index is 0.00955. The Hall–Kier alpha value is -3.12. The Morgan fingerprint density at radius 2 is 1.77 bits per heavy atom. The molecule has 0 aliphatic carbocycles. The molecule has 5 nitrogen and oxygen atoms in total. The van der Waals surface area contributed by atoms with Gasteiger partial charge in [0.15, 0.2) is 0 Å². The number of pyridine rings is 1. The van der Waals surface area contributed by atoms with E-state index in [9.17, 15) is 4.79 Å². The van der Waals surface area contributed by atoms with E-state index in [2.05, 4.69) is 25.9 Å². The van der Waals surface area contributed by atoms with Gasteiger partial charge in [0.1, 0.15) is 11.0 Å². The lowest BCUT2D eigenvalue weighted by Crippen LogP contribution is -2.28. The first-order chi connectivity index (χ1) is 12.8. The van der Waals surface area contributed by atoms with Crippen molar-refractivity contribution in [1.29, 1.82) is 0 Å². The summed E-state index contributed by atoms with van der Waals surface area (Å²) in [5, 5.41) is 0. The molecule has 2 aromatic carbocycles. The van der Waals surface area contributed by atoms with Crippen LogP contribution in [0.2, 0.25) is 0 Å². The van der Waals surface area contributed by atoms with E-state index in [0.29, 0.717) is 12.1 Å². The Morgan fingerprint density at radius 3 is 2.65 bits per heavy atom. The summed E-state index contributed by atoms with van der Waals surface area (Å²) in [5.74, 6) is 0.00955. The summed E-state index contributed by atoms with van der Waals surface area (Å²) in [5.41, 5.74) is 6.72. The van der Waals surface area contributed by atoms with Gasteiger partial charge in [0.25, 0.3) is 5.91 Å². The number of rotatable bonds is 2. The van der Waals surface area contributed by atoms with Crippen molar-refractivity contribution in [2.75, 3.05) is 11.4 Å². The molecule has 26 heavy (non-hydrogen) atoms. The van der Waals surface area contributed by atoms with E-state index < -0.39 is 0 Å². The van der Waals surface area contributed by atoms with Crippen LogP contribution in [0.3, 0.4) is 0 Å². The third kappa shape index (κ3) is 2.46. The third-order valence-electron chi connectivity index (χ3n) is 4.73. The molecular formula is C20H14N4OS. The zero-order chi connectivity index (χ0) is 17.5. The van der Waals surface area contributed by atoms with Crippen LogP contribution < -0.4 is 4.90 Å². The molecule has 0 saturated heterocycles. The minimum atomic E-state index is 0.00955. The smallest absolute Gasteiger partial charge is 0.258 e. The number of nitrogens with zero attached hydrogens (tertiary/aromatic N) is 4. The first-order valence-corrected chi connectivity index (χ1v) is 9.10. The van der Waals surface area contributed by atoms with Crippen LogP contribution in [0.25, 0.3) is 22.2 Å². The van der Waals surface area contributed by atoms with Gasteiger partial charge < -0.3 is 4.90 Å². The number of fused-ring (bicyclic) bond motifs is 2. The van der Waals surface area contributed by atoms with Crippen molar-refractivity contribution >= 4 is 34.4 Å². The normalized spacial score (nSPS) is 13.2. The molecule has 0 atom stereocenters. The molecule has 3 heterocycles. The number of hydrogen-bond donors (Lipinski definition) is 0. The van der Waals surface area contributed by atoms with Crippen molar-refractivity contribution in [3.63, 3.8) is 0 Å². The quantitative estimate of drug-likeness (QED) is 0.544. The topological polar surface area (TPSA) is 59.0 Å². The van der Waals surface area contributed by atoms with Crippen LogP contribution in [-0.2, 0) is 6.42 Å². The number of anilines is 1. The molecule has 6 heteroatoms.